The van der Waals surface area contributed by atoms with Gasteiger partial charge in [-0.05, 0) is 24.8 Å². The van der Waals surface area contributed by atoms with Crippen molar-refractivity contribution < 1.29 is 14.6 Å². The zero-order valence-corrected chi connectivity index (χ0v) is 8.98. The van der Waals surface area contributed by atoms with E-state index in [1.165, 1.54) is 5.56 Å². The molecule has 2 rings (SSSR count). The summed E-state index contributed by atoms with van der Waals surface area (Å²) in [6, 6.07) is 10.1. The molecule has 3 heteroatoms. The van der Waals surface area contributed by atoms with Gasteiger partial charge in [0.05, 0.1) is 5.57 Å². The van der Waals surface area contributed by atoms with E-state index in [2.05, 4.69) is 12.1 Å². The lowest BCUT2D eigenvalue weighted by Crippen LogP contribution is -2.00. The van der Waals surface area contributed by atoms with Crippen molar-refractivity contribution in [2.75, 3.05) is 6.61 Å². The van der Waals surface area contributed by atoms with Crippen molar-refractivity contribution in [3.63, 3.8) is 0 Å². The maximum atomic E-state index is 11.2. The number of esters is 1. The molecule has 3 nitrogen and oxygen atoms in total. The fraction of sp³-hybridized carbons (Fsp3) is 0.308. The molecule has 0 saturated heterocycles. The number of ether oxygens (including phenoxy) is 1. The first kappa shape index (κ1) is 10.7. The topological polar surface area (TPSA) is 46.5 Å². The Morgan fingerprint density at radius 1 is 1.19 bits per heavy atom. The number of benzene rings is 1. The molecule has 0 fully saturated rings. The van der Waals surface area contributed by atoms with Crippen molar-refractivity contribution in [2.45, 2.75) is 19.3 Å². The molecule has 1 N–H and O–H groups in total. The Labute approximate surface area is 94.4 Å². The van der Waals surface area contributed by atoms with Gasteiger partial charge in [-0.3, -0.25) is 0 Å². The summed E-state index contributed by atoms with van der Waals surface area (Å²) in [5.74, 6) is -0.274. The third kappa shape index (κ3) is 2.42. The van der Waals surface area contributed by atoms with Crippen LogP contribution >= 0.6 is 0 Å². The van der Waals surface area contributed by atoms with E-state index >= 15 is 0 Å². The SMILES string of the molecule is O=C1OCC(O)=C1CCCc1ccccc1. The number of aryl methyl sites for hydroxylation is 1. The Morgan fingerprint density at radius 3 is 2.56 bits per heavy atom. The summed E-state index contributed by atoms with van der Waals surface area (Å²) in [5, 5.41) is 9.39. The molecule has 0 spiro atoms. The van der Waals surface area contributed by atoms with Crippen LogP contribution in [0.5, 0.6) is 0 Å². The quantitative estimate of drug-likeness (QED) is 0.789. The van der Waals surface area contributed by atoms with E-state index in [0.29, 0.717) is 12.0 Å². The number of aliphatic hydroxyl groups excluding tert-OH is 1. The molecule has 0 bridgehead atoms. The molecule has 1 aromatic rings. The number of rotatable bonds is 4. The first-order chi connectivity index (χ1) is 7.77. The van der Waals surface area contributed by atoms with Crippen LogP contribution in [0.15, 0.2) is 41.7 Å². The molecule has 0 saturated carbocycles. The van der Waals surface area contributed by atoms with E-state index in [1.54, 1.807) is 0 Å². The molecule has 0 aliphatic carbocycles. The summed E-state index contributed by atoms with van der Waals surface area (Å²) in [5.41, 5.74) is 1.69. The van der Waals surface area contributed by atoms with Gasteiger partial charge in [0.2, 0.25) is 0 Å². The Bertz CT molecular complexity index is 406. The van der Waals surface area contributed by atoms with Crippen molar-refractivity contribution in [1.29, 1.82) is 0 Å². The number of hydrogen-bond donors (Lipinski definition) is 1. The molecule has 16 heavy (non-hydrogen) atoms. The number of aliphatic hydroxyl groups is 1. The summed E-state index contributed by atoms with van der Waals surface area (Å²) >= 11 is 0. The highest BCUT2D eigenvalue weighted by molar-refractivity contribution is 5.91. The van der Waals surface area contributed by atoms with Gasteiger partial charge in [0.15, 0.2) is 0 Å². The van der Waals surface area contributed by atoms with Crippen LogP contribution in [0.25, 0.3) is 0 Å². The zero-order chi connectivity index (χ0) is 11.4. The van der Waals surface area contributed by atoms with Crippen molar-refractivity contribution >= 4 is 5.97 Å². The van der Waals surface area contributed by atoms with Gasteiger partial charge in [-0.15, -0.1) is 0 Å². The largest absolute Gasteiger partial charge is 0.508 e. The fourth-order valence-electron chi connectivity index (χ4n) is 1.79. The van der Waals surface area contributed by atoms with Crippen LogP contribution in [-0.4, -0.2) is 17.7 Å². The van der Waals surface area contributed by atoms with Crippen molar-refractivity contribution in [3.05, 3.63) is 47.2 Å². The molecule has 0 radical (unpaired) electrons. The summed E-state index contributed by atoms with van der Waals surface area (Å²) < 4.78 is 4.72. The molecule has 1 aliphatic heterocycles. The van der Waals surface area contributed by atoms with E-state index in [1.807, 2.05) is 18.2 Å². The third-order valence-corrected chi connectivity index (χ3v) is 2.67. The highest BCUT2D eigenvalue weighted by atomic mass is 16.5. The summed E-state index contributed by atoms with van der Waals surface area (Å²) in [7, 11) is 0. The standard InChI is InChI=1S/C13H14O3/c14-12-9-16-13(15)11(12)8-4-7-10-5-2-1-3-6-10/h1-3,5-6,14H,4,7-9H2. The van der Waals surface area contributed by atoms with Gasteiger partial charge in [-0.2, -0.15) is 0 Å². The van der Waals surface area contributed by atoms with E-state index in [0.717, 1.165) is 12.8 Å². The van der Waals surface area contributed by atoms with Gasteiger partial charge in [0.1, 0.15) is 12.4 Å². The van der Waals surface area contributed by atoms with Crippen LogP contribution in [-0.2, 0) is 16.0 Å². The molecule has 84 valence electrons. The normalized spacial score (nSPS) is 15.4. The smallest absolute Gasteiger partial charge is 0.337 e. The predicted octanol–water partition coefficient (Wildman–Crippen LogP) is 2.38. The lowest BCUT2D eigenvalue weighted by atomic mass is 10.0. The fourth-order valence-corrected chi connectivity index (χ4v) is 1.79. The van der Waals surface area contributed by atoms with Crippen LogP contribution < -0.4 is 0 Å². The minimum atomic E-state index is -0.370. The molecule has 1 heterocycles. The van der Waals surface area contributed by atoms with E-state index in [9.17, 15) is 9.90 Å². The molecule has 0 unspecified atom stereocenters. The lowest BCUT2D eigenvalue weighted by Gasteiger charge is -2.01. The highest BCUT2D eigenvalue weighted by Gasteiger charge is 2.23. The number of carbonyl (C=O) groups excluding carboxylic acids is 1. The first-order valence-corrected chi connectivity index (χ1v) is 5.39. The van der Waals surface area contributed by atoms with E-state index in [4.69, 9.17) is 4.74 Å². The van der Waals surface area contributed by atoms with E-state index < -0.39 is 0 Å². The highest BCUT2D eigenvalue weighted by Crippen LogP contribution is 2.19. The molecular formula is C13H14O3. The molecule has 0 atom stereocenters. The van der Waals surface area contributed by atoms with Crippen molar-refractivity contribution in [1.82, 2.24) is 0 Å². The summed E-state index contributed by atoms with van der Waals surface area (Å²) in [6.45, 7) is 0.0412. The van der Waals surface area contributed by atoms with Crippen LogP contribution in [0.3, 0.4) is 0 Å². The second-order valence-corrected chi connectivity index (χ2v) is 3.84. The lowest BCUT2D eigenvalue weighted by molar-refractivity contribution is -0.136. The average Bonchev–Trinajstić information content (AvgIpc) is 2.62. The van der Waals surface area contributed by atoms with Gasteiger partial charge in [-0.1, -0.05) is 30.3 Å². The first-order valence-electron chi connectivity index (χ1n) is 5.39. The number of cyclic esters (lactones) is 1. The van der Waals surface area contributed by atoms with Gasteiger partial charge in [-0.25, -0.2) is 4.79 Å². The second kappa shape index (κ2) is 4.84. The van der Waals surface area contributed by atoms with Crippen molar-refractivity contribution in [2.24, 2.45) is 0 Å². The summed E-state index contributed by atoms with van der Waals surface area (Å²) in [6.07, 6.45) is 2.34. The number of carbonyl (C=O) groups is 1. The maximum Gasteiger partial charge on any atom is 0.337 e. The maximum absolute atomic E-state index is 11.2. The van der Waals surface area contributed by atoms with Crippen LogP contribution in [0.2, 0.25) is 0 Å². The third-order valence-electron chi connectivity index (χ3n) is 2.67. The van der Waals surface area contributed by atoms with Gasteiger partial charge < -0.3 is 9.84 Å². The molecule has 1 aromatic carbocycles. The van der Waals surface area contributed by atoms with Gasteiger partial charge in [0, 0.05) is 0 Å². The van der Waals surface area contributed by atoms with Crippen LogP contribution in [0, 0.1) is 0 Å². The zero-order valence-electron chi connectivity index (χ0n) is 8.98. The average molecular weight is 218 g/mol. The van der Waals surface area contributed by atoms with Crippen LogP contribution in [0.4, 0.5) is 0 Å². The molecular weight excluding hydrogens is 204 g/mol. The van der Waals surface area contributed by atoms with E-state index in [-0.39, 0.29) is 18.3 Å². The second-order valence-electron chi connectivity index (χ2n) is 3.84. The molecule has 0 aromatic heterocycles. The van der Waals surface area contributed by atoms with Gasteiger partial charge in [0.25, 0.3) is 0 Å². The Hall–Kier alpha value is -1.77. The minimum Gasteiger partial charge on any atom is -0.508 e. The van der Waals surface area contributed by atoms with Gasteiger partial charge >= 0.3 is 5.97 Å². The number of hydrogen-bond acceptors (Lipinski definition) is 3. The predicted molar refractivity (Wildman–Crippen MR) is 60.0 cm³/mol. The van der Waals surface area contributed by atoms with Crippen LogP contribution in [0.1, 0.15) is 18.4 Å². The molecule has 1 aliphatic rings. The Morgan fingerprint density at radius 2 is 1.94 bits per heavy atom. The Balaban J connectivity index is 1.85. The van der Waals surface area contributed by atoms with Crippen molar-refractivity contribution in [3.8, 4) is 0 Å². The minimum absolute atomic E-state index is 0.0412. The molecule has 0 amide bonds. The monoisotopic (exact) mass is 218 g/mol. The Kier molecular flexibility index (Phi) is 3.25. The summed E-state index contributed by atoms with van der Waals surface area (Å²) in [4.78, 5) is 11.2.